The first-order valence-electron chi connectivity index (χ1n) is 6.25. The van der Waals surface area contributed by atoms with Crippen molar-refractivity contribution >= 4 is 21.6 Å². The van der Waals surface area contributed by atoms with Crippen molar-refractivity contribution in [2.45, 2.75) is 0 Å². The third kappa shape index (κ3) is 3.67. The van der Waals surface area contributed by atoms with E-state index in [-0.39, 0.29) is 5.82 Å². The molecule has 1 heterocycles. The molecule has 5 heteroatoms. The zero-order valence-electron chi connectivity index (χ0n) is 10.6. The molecule has 2 rings (SSSR count). The first kappa shape index (κ1) is 13.8. The number of halogens is 2. The molecule has 1 aliphatic heterocycles. The number of hydrogen-bond acceptors (Lipinski definition) is 3. The lowest BCUT2D eigenvalue weighted by molar-refractivity contribution is 0.158. The van der Waals surface area contributed by atoms with Crippen molar-refractivity contribution in [2.75, 3.05) is 51.6 Å². The van der Waals surface area contributed by atoms with Gasteiger partial charge in [0.25, 0.3) is 0 Å². The van der Waals surface area contributed by atoms with E-state index in [1.807, 2.05) is 6.07 Å². The van der Waals surface area contributed by atoms with E-state index in [1.165, 1.54) is 6.07 Å². The van der Waals surface area contributed by atoms with Crippen molar-refractivity contribution in [3.05, 3.63) is 28.5 Å². The first-order chi connectivity index (χ1) is 8.66. The molecule has 0 radical (unpaired) electrons. The second-order valence-electron chi connectivity index (χ2n) is 4.67. The van der Waals surface area contributed by atoms with Gasteiger partial charge in [0.15, 0.2) is 0 Å². The SMILES string of the molecule is CN1CCN(CCNc2c(F)cccc2Br)CC1. The Kier molecular flexibility index (Phi) is 4.97. The monoisotopic (exact) mass is 315 g/mol. The van der Waals surface area contributed by atoms with Crippen molar-refractivity contribution in [3.8, 4) is 0 Å². The van der Waals surface area contributed by atoms with Crippen molar-refractivity contribution in [1.29, 1.82) is 0 Å². The minimum atomic E-state index is -0.206. The average molecular weight is 316 g/mol. The summed E-state index contributed by atoms with van der Waals surface area (Å²) in [5, 5.41) is 3.16. The van der Waals surface area contributed by atoms with Crippen LogP contribution in [-0.4, -0.2) is 56.1 Å². The number of nitrogens with zero attached hydrogens (tertiary/aromatic N) is 2. The molecule has 1 aliphatic rings. The van der Waals surface area contributed by atoms with Gasteiger partial charge in [-0.3, -0.25) is 4.90 Å². The molecule has 100 valence electrons. The summed E-state index contributed by atoms with van der Waals surface area (Å²) in [6, 6.07) is 5.02. The second kappa shape index (κ2) is 6.50. The molecule has 1 fully saturated rings. The number of anilines is 1. The highest BCUT2D eigenvalue weighted by atomic mass is 79.9. The molecule has 0 aliphatic carbocycles. The highest BCUT2D eigenvalue weighted by molar-refractivity contribution is 9.10. The van der Waals surface area contributed by atoms with Crippen LogP contribution in [0.15, 0.2) is 22.7 Å². The maximum atomic E-state index is 13.6. The molecule has 0 bridgehead atoms. The highest BCUT2D eigenvalue weighted by Crippen LogP contribution is 2.24. The van der Waals surface area contributed by atoms with Crippen molar-refractivity contribution < 1.29 is 4.39 Å². The van der Waals surface area contributed by atoms with Gasteiger partial charge >= 0.3 is 0 Å². The van der Waals surface area contributed by atoms with E-state index >= 15 is 0 Å². The summed E-state index contributed by atoms with van der Waals surface area (Å²) in [6.07, 6.45) is 0. The van der Waals surface area contributed by atoms with E-state index in [9.17, 15) is 4.39 Å². The topological polar surface area (TPSA) is 18.5 Å². The lowest BCUT2D eigenvalue weighted by Crippen LogP contribution is -2.45. The van der Waals surface area contributed by atoms with E-state index in [4.69, 9.17) is 0 Å². The van der Waals surface area contributed by atoms with Gasteiger partial charge in [-0.25, -0.2) is 4.39 Å². The van der Waals surface area contributed by atoms with Crippen molar-refractivity contribution in [3.63, 3.8) is 0 Å². The van der Waals surface area contributed by atoms with E-state index in [2.05, 4.69) is 38.1 Å². The summed E-state index contributed by atoms with van der Waals surface area (Å²) in [5.41, 5.74) is 0.562. The Morgan fingerprint density at radius 2 is 2.00 bits per heavy atom. The van der Waals surface area contributed by atoms with Crippen LogP contribution in [-0.2, 0) is 0 Å². The predicted molar refractivity (Wildman–Crippen MR) is 76.5 cm³/mol. The summed E-state index contributed by atoms with van der Waals surface area (Å²) < 4.78 is 14.3. The Morgan fingerprint density at radius 3 is 2.67 bits per heavy atom. The van der Waals surface area contributed by atoms with E-state index in [0.717, 1.165) is 43.7 Å². The van der Waals surface area contributed by atoms with Gasteiger partial charge in [-0.1, -0.05) is 6.07 Å². The Balaban J connectivity index is 1.78. The lowest BCUT2D eigenvalue weighted by Gasteiger charge is -2.32. The van der Waals surface area contributed by atoms with Crippen LogP contribution in [0.2, 0.25) is 0 Å². The van der Waals surface area contributed by atoms with Gasteiger partial charge in [-0.2, -0.15) is 0 Å². The molecule has 1 saturated heterocycles. The maximum Gasteiger partial charge on any atom is 0.147 e. The van der Waals surface area contributed by atoms with Crippen molar-refractivity contribution in [1.82, 2.24) is 9.80 Å². The van der Waals surface area contributed by atoms with Crippen LogP contribution < -0.4 is 5.32 Å². The smallest absolute Gasteiger partial charge is 0.147 e. The third-order valence-electron chi connectivity index (χ3n) is 3.29. The predicted octanol–water partition coefficient (Wildman–Crippen LogP) is 2.25. The fourth-order valence-corrected chi connectivity index (χ4v) is 2.56. The molecular weight excluding hydrogens is 297 g/mol. The van der Waals surface area contributed by atoms with Crippen LogP contribution in [0.1, 0.15) is 0 Å². The average Bonchev–Trinajstić information content (AvgIpc) is 2.35. The van der Waals surface area contributed by atoms with E-state index in [1.54, 1.807) is 6.07 Å². The zero-order chi connectivity index (χ0) is 13.0. The Bertz CT molecular complexity index is 372. The number of likely N-dealkylation sites (N-methyl/N-ethyl adjacent to an activating group) is 1. The number of benzene rings is 1. The summed E-state index contributed by atoms with van der Waals surface area (Å²) in [5.74, 6) is -0.206. The number of hydrogen-bond donors (Lipinski definition) is 1. The molecule has 1 N–H and O–H groups in total. The molecule has 0 atom stereocenters. The number of para-hydroxylation sites is 1. The van der Waals surface area contributed by atoms with Crippen LogP contribution in [0.5, 0.6) is 0 Å². The first-order valence-corrected chi connectivity index (χ1v) is 7.05. The van der Waals surface area contributed by atoms with Crippen LogP contribution in [0, 0.1) is 5.82 Å². The van der Waals surface area contributed by atoms with Crippen molar-refractivity contribution in [2.24, 2.45) is 0 Å². The van der Waals surface area contributed by atoms with Gasteiger partial charge in [0.1, 0.15) is 5.82 Å². The highest BCUT2D eigenvalue weighted by Gasteiger charge is 2.13. The number of piperazine rings is 1. The van der Waals surface area contributed by atoms with Gasteiger partial charge in [0, 0.05) is 43.7 Å². The van der Waals surface area contributed by atoms with Gasteiger partial charge < -0.3 is 10.2 Å². The molecule has 18 heavy (non-hydrogen) atoms. The third-order valence-corrected chi connectivity index (χ3v) is 3.95. The molecule has 3 nitrogen and oxygen atoms in total. The largest absolute Gasteiger partial charge is 0.380 e. The molecule has 0 amide bonds. The van der Waals surface area contributed by atoms with Crippen LogP contribution >= 0.6 is 15.9 Å². The Labute approximate surface area is 116 Å². The van der Waals surface area contributed by atoms with Crippen LogP contribution in [0.3, 0.4) is 0 Å². The van der Waals surface area contributed by atoms with Gasteiger partial charge in [0.05, 0.1) is 5.69 Å². The van der Waals surface area contributed by atoms with E-state index in [0.29, 0.717) is 5.69 Å². The summed E-state index contributed by atoms with van der Waals surface area (Å²) in [6.45, 7) is 6.14. The van der Waals surface area contributed by atoms with Gasteiger partial charge in [-0.15, -0.1) is 0 Å². The Hall–Kier alpha value is -0.650. The fraction of sp³-hybridized carbons (Fsp3) is 0.538. The van der Waals surface area contributed by atoms with E-state index < -0.39 is 0 Å². The summed E-state index contributed by atoms with van der Waals surface area (Å²) in [4.78, 5) is 4.74. The molecule has 0 saturated carbocycles. The summed E-state index contributed by atoms with van der Waals surface area (Å²) in [7, 11) is 2.14. The molecule has 1 aromatic rings. The number of rotatable bonds is 4. The summed E-state index contributed by atoms with van der Waals surface area (Å²) >= 11 is 3.36. The maximum absolute atomic E-state index is 13.6. The minimum Gasteiger partial charge on any atom is -0.380 e. The standard InChI is InChI=1S/C13H19BrFN3/c1-17-7-9-18(10-8-17)6-5-16-13-11(14)3-2-4-12(13)15/h2-4,16H,5-10H2,1H3. The molecular formula is C13H19BrFN3. The minimum absolute atomic E-state index is 0.206. The molecule has 0 unspecified atom stereocenters. The number of nitrogens with one attached hydrogen (secondary N) is 1. The molecule has 1 aromatic carbocycles. The van der Waals surface area contributed by atoms with Gasteiger partial charge in [-0.05, 0) is 35.1 Å². The molecule has 0 spiro atoms. The van der Waals surface area contributed by atoms with Gasteiger partial charge in [0.2, 0.25) is 0 Å². The second-order valence-corrected chi connectivity index (χ2v) is 5.52. The van der Waals surface area contributed by atoms with Crippen LogP contribution in [0.25, 0.3) is 0 Å². The molecule has 0 aromatic heterocycles. The Morgan fingerprint density at radius 1 is 1.28 bits per heavy atom. The quantitative estimate of drug-likeness (QED) is 0.919. The van der Waals surface area contributed by atoms with Crippen LogP contribution in [0.4, 0.5) is 10.1 Å². The lowest BCUT2D eigenvalue weighted by atomic mass is 10.3. The fourth-order valence-electron chi connectivity index (χ4n) is 2.08. The normalized spacial score (nSPS) is 17.9. The zero-order valence-corrected chi connectivity index (χ0v) is 12.2.